The third-order valence-corrected chi connectivity index (χ3v) is 3.46. The van der Waals surface area contributed by atoms with Crippen molar-refractivity contribution in [1.82, 2.24) is 0 Å². The molecule has 1 atom stereocenters. The van der Waals surface area contributed by atoms with Crippen LogP contribution in [0.4, 0.5) is 4.39 Å². The van der Waals surface area contributed by atoms with Crippen LogP contribution in [-0.2, 0) is 0 Å². The van der Waals surface area contributed by atoms with E-state index in [2.05, 4.69) is 36.7 Å². The standard InChI is InChI=1S/C13H18BrFO/c1-13(2,3)10(8-14)9-16-12-6-4-11(15)5-7-12/h4-7,10H,8-9H2,1-3H3. The van der Waals surface area contributed by atoms with Gasteiger partial charge in [0, 0.05) is 11.2 Å². The first-order valence-corrected chi connectivity index (χ1v) is 6.50. The largest absolute Gasteiger partial charge is 0.493 e. The van der Waals surface area contributed by atoms with Crippen LogP contribution in [0.1, 0.15) is 20.8 Å². The molecule has 0 bridgehead atoms. The SMILES string of the molecule is CC(C)(C)C(CBr)COc1ccc(F)cc1. The van der Waals surface area contributed by atoms with Crippen molar-refractivity contribution in [1.29, 1.82) is 0 Å². The van der Waals surface area contributed by atoms with Gasteiger partial charge in [0.1, 0.15) is 11.6 Å². The minimum atomic E-state index is -0.236. The van der Waals surface area contributed by atoms with Gasteiger partial charge in [-0.05, 0) is 29.7 Å². The van der Waals surface area contributed by atoms with Crippen LogP contribution < -0.4 is 4.74 Å². The van der Waals surface area contributed by atoms with Crippen molar-refractivity contribution >= 4 is 15.9 Å². The summed E-state index contributed by atoms with van der Waals surface area (Å²) in [5.74, 6) is 0.911. The van der Waals surface area contributed by atoms with E-state index in [-0.39, 0.29) is 11.2 Å². The summed E-state index contributed by atoms with van der Waals surface area (Å²) in [6.45, 7) is 7.20. The van der Waals surface area contributed by atoms with Gasteiger partial charge in [-0.1, -0.05) is 36.7 Å². The molecule has 16 heavy (non-hydrogen) atoms. The van der Waals surface area contributed by atoms with Gasteiger partial charge in [-0.2, -0.15) is 0 Å². The lowest BCUT2D eigenvalue weighted by molar-refractivity contribution is 0.166. The lowest BCUT2D eigenvalue weighted by Crippen LogP contribution is -2.27. The zero-order valence-electron chi connectivity index (χ0n) is 9.97. The Balaban J connectivity index is 2.53. The van der Waals surface area contributed by atoms with Gasteiger partial charge < -0.3 is 4.74 Å². The molecule has 0 aromatic heterocycles. The Kier molecular flexibility index (Phi) is 4.78. The van der Waals surface area contributed by atoms with Crippen molar-refractivity contribution in [2.24, 2.45) is 11.3 Å². The molecule has 90 valence electrons. The van der Waals surface area contributed by atoms with E-state index in [9.17, 15) is 4.39 Å². The maximum atomic E-state index is 12.7. The summed E-state index contributed by atoms with van der Waals surface area (Å²) in [6, 6.07) is 6.14. The van der Waals surface area contributed by atoms with E-state index in [0.717, 1.165) is 11.1 Å². The zero-order chi connectivity index (χ0) is 12.2. The average Bonchev–Trinajstić information content (AvgIpc) is 2.19. The highest BCUT2D eigenvalue weighted by molar-refractivity contribution is 9.09. The van der Waals surface area contributed by atoms with E-state index in [0.29, 0.717) is 12.5 Å². The molecular formula is C13H18BrFO. The molecular weight excluding hydrogens is 271 g/mol. The summed E-state index contributed by atoms with van der Waals surface area (Å²) in [5.41, 5.74) is 0.198. The second-order valence-corrected chi connectivity index (χ2v) is 5.63. The number of ether oxygens (including phenoxy) is 1. The quantitative estimate of drug-likeness (QED) is 0.752. The Labute approximate surface area is 105 Å². The Hall–Kier alpha value is -0.570. The van der Waals surface area contributed by atoms with Crippen LogP contribution in [0.2, 0.25) is 0 Å². The molecule has 0 aliphatic heterocycles. The van der Waals surface area contributed by atoms with Crippen LogP contribution in [0, 0.1) is 17.2 Å². The first-order valence-electron chi connectivity index (χ1n) is 5.38. The van der Waals surface area contributed by atoms with E-state index in [1.807, 2.05) is 0 Å². The van der Waals surface area contributed by atoms with Crippen molar-refractivity contribution in [3.05, 3.63) is 30.1 Å². The van der Waals surface area contributed by atoms with Crippen LogP contribution in [0.25, 0.3) is 0 Å². The molecule has 0 spiro atoms. The maximum absolute atomic E-state index is 12.7. The van der Waals surface area contributed by atoms with Crippen molar-refractivity contribution in [3.8, 4) is 5.75 Å². The van der Waals surface area contributed by atoms with Crippen LogP contribution in [0.15, 0.2) is 24.3 Å². The molecule has 1 rings (SSSR count). The van der Waals surface area contributed by atoms with Crippen molar-refractivity contribution in [2.75, 3.05) is 11.9 Å². The van der Waals surface area contributed by atoms with Gasteiger partial charge >= 0.3 is 0 Å². The third-order valence-electron chi connectivity index (χ3n) is 2.68. The number of rotatable bonds is 4. The minimum absolute atomic E-state index is 0.198. The topological polar surface area (TPSA) is 9.23 Å². The Bertz CT molecular complexity index is 316. The van der Waals surface area contributed by atoms with Gasteiger partial charge in [0.25, 0.3) is 0 Å². The van der Waals surface area contributed by atoms with E-state index in [1.165, 1.54) is 12.1 Å². The van der Waals surface area contributed by atoms with Crippen LogP contribution in [0.3, 0.4) is 0 Å². The van der Waals surface area contributed by atoms with E-state index >= 15 is 0 Å². The van der Waals surface area contributed by atoms with Crippen molar-refractivity contribution in [3.63, 3.8) is 0 Å². The van der Waals surface area contributed by atoms with Crippen LogP contribution in [0.5, 0.6) is 5.75 Å². The highest BCUT2D eigenvalue weighted by Gasteiger charge is 2.24. The summed E-state index contributed by atoms with van der Waals surface area (Å²) >= 11 is 3.50. The number of alkyl halides is 1. The molecule has 1 unspecified atom stereocenters. The van der Waals surface area contributed by atoms with Gasteiger partial charge in [0.2, 0.25) is 0 Å². The summed E-state index contributed by atoms with van der Waals surface area (Å²) in [4.78, 5) is 0. The average molecular weight is 289 g/mol. The molecule has 0 fully saturated rings. The Morgan fingerprint density at radius 1 is 1.25 bits per heavy atom. The molecule has 0 heterocycles. The molecule has 1 aromatic rings. The van der Waals surface area contributed by atoms with Gasteiger partial charge in [-0.15, -0.1) is 0 Å². The van der Waals surface area contributed by atoms with Gasteiger partial charge in [-0.3, -0.25) is 0 Å². The predicted molar refractivity (Wildman–Crippen MR) is 68.6 cm³/mol. The smallest absolute Gasteiger partial charge is 0.123 e. The summed E-state index contributed by atoms with van der Waals surface area (Å²) < 4.78 is 18.3. The molecule has 0 radical (unpaired) electrons. The molecule has 0 aliphatic rings. The van der Waals surface area contributed by atoms with Gasteiger partial charge in [-0.25, -0.2) is 4.39 Å². The van der Waals surface area contributed by atoms with Crippen LogP contribution in [-0.4, -0.2) is 11.9 Å². The second kappa shape index (κ2) is 5.67. The molecule has 0 amide bonds. The fourth-order valence-corrected chi connectivity index (χ4v) is 2.41. The number of hydrogen-bond donors (Lipinski definition) is 0. The van der Waals surface area contributed by atoms with Crippen molar-refractivity contribution in [2.45, 2.75) is 20.8 Å². The predicted octanol–water partition coefficient (Wildman–Crippen LogP) is 4.26. The zero-order valence-corrected chi connectivity index (χ0v) is 11.6. The molecule has 0 saturated carbocycles. The number of halogens is 2. The van der Waals surface area contributed by atoms with Crippen LogP contribution >= 0.6 is 15.9 Å². The number of benzene rings is 1. The fourth-order valence-electron chi connectivity index (χ4n) is 1.25. The Morgan fingerprint density at radius 2 is 1.81 bits per heavy atom. The van der Waals surface area contributed by atoms with E-state index < -0.39 is 0 Å². The first-order chi connectivity index (χ1) is 7.43. The third kappa shape index (κ3) is 4.12. The molecule has 1 nitrogen and oxygen atoms in total. The molecule has 0 N–H and O–H groups in total. The van der Waals surface area contributed by atoms with E-state index in [1.54, 1.807) is 12.1 Å². The molecule has 1 aromatic carbocycles. The second-order valence-electron chi connectivity index (χ2n) is 4.98. The maximum Gasteiger partial charge on any atom is 0.123 e. The van der Waals surface area contributed by atoms with E-state index in [4.69, 9.17) is 4.74 Å². The lowest BCUT2D eigenvalue weighted by Gasteiger charge is -2.28. The molecule has 0 saturated heterocycles. The normalized spacial score (nSPS) is 13.6. The van der Waals surface area contributed by atoms with Crippen molar-refractivity contribution < 1.29 is 9.13 Å². The summed E-state index contributed by atoms with van der Waals surface area (Å²) in [7, 11) is 0. The monoisotopic (exact) mass is 288 g/mol. The summed E-state index contributed by atoms with van der Waals surface area (Å²) in [5, 5.41) is 0.900. The van der Waals surface area contributed by atoms with Gasteiger partial charge in [0.15, 0.2) is 0 Å². The highest BCUT2D eigenvalue weighted by atomic mass is 79.9. The van der Waals surface area contributed by atoms with Gasteiger partial charge in [0.05, 0.1) is 6.61 Å². The molecule has 0 aliphatic carbocycles. The Morgan fingerprint density at radius 3 is 2.25 bits per heavy atom. The first kappa shape index (κ1) is 13.5. The highest BCUT2D eigenvalue weighted by Crippen LogP contribution is 2.28. The minimum Gasteiger partial charge on any atom is -0.493 e. The fraction of sp³-hybridized carbons (Fsp3) is 0.538. The molecule has 3 heteroatoms. The summed E-state index contributed by atoms with van der Waals surface area (Å²) in [6.07, 6.45) is 0. The number of hydrogen-bond acceptors (Lipinski definition) is 1. The lowest BCUT2D eigenvalue weighted by atomic mass is 9.83.